The van der Waals surface area contributed by atoms with Gasteiger partial charge in [-0.2, -0.15) is 25.3 Å². The second-order valence-electron chi connectivity index (χ2n) is 3.17. The Balaban J connectivity index is 3.10. The van der Waals surface area contributed by atoms with Gasteiger partial charge in [0.05, 0.1) is 24.7 Å². The van der Waals surface area contributed by atoms with Crippen LogP contribution in [-0.4, -0.2) is 36.7 Å². The van der Waals surface area contributed by atoms with E-state index >= 15 is 0 Å². The molecule has 0 heterocycles. The third kappa shape index (κ3) is 10.2. The van der Waals surface area contributed by atoms with Crippen LogP contribution >= 0.6 is 25.3 Å². The van der Waals surface area contributed by atoms with Crippen molar-refractivity contribution in [1.82, 2.24) is 0 Å². The van der Waals surface area contributed by atoms with E-state index in [9.17, 15) is 9.59 Å². The first-order valence-electron chi connectivity index (χ1n) is 5.23. The van der Waals surface area contributed by atoms with Crippen molar-refractivity contribution in [2.24, 2.45) is 0 Å². The summed E-state index contributed by atoms with van der Waals surface area (Å²) in [5, 5.41) is 0. The van der Waals surface area contributed by atoms with Gasteiger partial charge in [0.15, 0.2) is 0 Å². The van der Waals surface area contributed by atoms with E-state index in [-0.39, 0.29) is 23.4 Å². The van der Waals surface area contributed by atoms with E-state index in [1.54, 1.807) is 0 Å². The Labute approximate surface area is 107 Å². The summed E-state index contributed by atoms with van der Waals surface area (Å²) in [6, 6.07) is 0. The van der Waals surface area contributed by atoms with E-state index in [0.29, 0.717) is 13.2 Å². The first-order valence-corrected chi connectivity index (χ1v) is 6.50. The normalized spacial score (nSPS) is 9.88. The molecule has 4 nitrogen and oxygen atoms in total. The molecule has 94 valence electrons. The number of unbranched alkanes of at least 4 members (excludes halogenated alkanes) is 3. The molecular formula is C10H18O4S2. The Hall–Kier alpha value is -0.360. The van der Waals surface area contributed by atoms with Crippen LogP contribution in [0.25, 0.3) is 0 Å². The second kappa shape index (κ2) is 11.1. The van der Waals surface area contributed by atoms with Gasteiger partial charge in [-0.3, -0.25) is 9.59 Å². The van der Waals surface area contributed by atoms with E-state index < -0.39 is 0 Å². The highest BCUT2D eigenvalue weighted by atomic mass is 32.1. The van der Waals surface area contributed by atoms with Crippen LogP contribution < -0.4 is 0 Å². The Morgan fingerprint density at radius 2 is 1.12 bits per heavy atom. The number of rotatable bonds is 9. The minimum absolute atomic E-state index is 0.125. The molecule has 0 saturated heterocycles. The largest absolute Gasteiger partial charge is 0.465 e. The van der Waals surface area contributed by atoms with Crippen molar-refractivity contribution in [1.29, 1.82) is 0 Å². The summed E-state index contributed by atoms with van der Waals surface area (Å²) in [6.45, 7) is 0.881. The summed E-state index contributed by atoms with van der Waals surface area (Å²) >= 11 is 7.57. The topological polar surface area (TPSA) is 52.6 Å². The minimum Gasteiger partial charge on any atom is -0.465 e. The zero-order valence-electron chi connectivity index (χ0n) is 9.18. The van der Waals surface area contributed by atoms with Gasteiger partial charge in [-0.05, 0) is 25.7 Å². The fraction of sp³-hybridized carbons (Fsp3) is 0.800. The summed E-state index contributed by atoms with van der Waals surface area (Å²) in [7, 11) is 0. The summed E-state index contributed by atoms with van der Waals surface area (Å²) in [5.74, 6) is -0.323. The number of ether oxygens (including phenoxy) is 2. The Morgan fingerprint density at radius 3 is 1.44 bits per heavy atom. The van der Waals surface area contributed by atoms with Gasteiger partial charge in [-0.25, -0.2) is 0 Å². The molecule has 0 aliphatic carbocycles. The lowest BCUT2D eigenvalue weighted by molar-refractivity contribution is -0.141. The van der Waals surface area contributed by atoms with Gasteiger partial charge >= 0.3 is 11.9 Å². The molecule has 0 unspecified atom stereocenters. The average molecular weight is 266 g/mol. The van der Waals surface area contributed by atoms with Crippen LogP contribution in [0.1, 0.15) is 25.7 Å². The molecule has 6 heteroatoms. The Bertz CT molecular complexity index is 187. The number of carbonyl (C=O) groups excluding carboxylic acids is 2. The van der Waals surface area contributed by atoms with E-state index in [1.807, 2.05) is 0 Å². The van der Waals surface area contributed by atoms with Crippen molar-refractivity contribution < 1.29 is 19.1 Å². The molecule has 0 aromatic rings. The van der Waals surface area contributed by atoms with Gasteiger partial charge in [0, 0.05) is 0 Å². The maximum Gasteiger partial charge on any atom is 0.315 e. The molecule has 0 fully saturated rings. The number of hydrogen-bond acceptors (Lipinski definition) is 6. The maximum atomic E-state index is 10.7. The lowest BCUT2D eigenvalue weighted by Gasteiger charge is -2.04. The third-order valence-corrected chi connectivity index (χ3v) is 2.34. The molecule has 0 bridgehead atoms. The van der Waals surface area contributed by atoms with Crippen LogP contribution in [0.3, 0.4) is 0 Å². The highest BCUT2D eigenvalue weighted by Crippen LogP contribution is 2.01. The fourth-order valence-electron chi connectivity index (χ4n) is 1.02. The molecule has 0 rings (SSSR count). The van der Waals surface area contributed by atoms with Gasteiger partial charge in [0.2, 0.25) is 0 Å². The van der Waals surface area contributed by atoms with Crippen molar-refractivity contribution in [2.75, 3.05) is 24.7 Å². The zero-order valence-corrected chi connectivity index (χ0v) is 11.0. The van der Waals surface area contributed by atoms with E-state index in [4.69, 9.17) is 9.47 Å². The number of thiol groups is 2. The molecule has 0 spiro atoms. The standard InChI is InChI=1S/C10H18O4S2/c11-9(7-15)13-5-3-1-2-4-6-14-10(12)8-16/h15-16H,1-8H2. The first kappa shape index (κ1) is 15.6. The maximum absolute atomic E-state index is 10.7. The van der Waals surface area contributed by atoms with Crippen LogP contribution in [0.2, 0.25) is 0 Å². The van der Waals surface area contributed by atoms with E-state index in [1.165, 1.54) is 0 Å². The molecule has 0 saturated carbocycles. The van der Waals surface area contributed by atoms with Gasteiger partial charge in [0.1, 0.15) is 0 Å². The van der Waals surface area contributed by atoms with E-state index in [0.717, 1.165) is 25.7 Å². The second-order valence-corrected chi connectivity index (χ2v) is 3.80. The minimum atomic E-state index is -0.286. The fourth-order valence-corrected chi connectivity index (χ4v) is 1.20. The van der Waals surface area contributed by atoms with Crippen molar-refractivity contribution >= 4 is 37.2 Å². The Morgan fingerprint density at radius 1 is 0.750 bits per heavy atom. The van der Waals surface area contributed by atoms with Crippen molar-refractivity contribution in [2.45, 2.75) is 25.7 Å². The highest BCUT2D eigenvalue weighted by molar-refractivity contribution is 7.81. The SMILES string of the molecule is O=C(CS)OCCCCCCOC(=O)CS. The van der Waals surface area contributed by atoms with Crippen LogP contribution in [-0.2, 0) is 19.1 Å². The zero-order chi connectivity index (χ0) is 12.2. The molecule has 0 N–H and O–H groups in total. The van der Waals surface area contributed by atoms with Crippen molar-refractivity contribution in [3.63, 3.8) is 0 Å². The predicted molar refractivity (Wildman–Crippen MR) is 68.1 cm³/mol. The van der Waals surface area contributed by atoms with E-state index in [2.05, 4.69) is 25.3 Å². The molecule has 0 aromatic heterocycles. The average Bonchev–Trinajstić information content (AvgIpc) is 2.31. The number of carbonyl (C=O) groups is 2. The Kier molecular flexibility index (Phi) is 10.9. The first-order chi connectivity index (χ1) is 7.70. The number of hydrogen-bond donors (Lipinski definition) is 2. The monoisotopic (exact) mass is 266 g/mol. The molecule has 0 amide bonds. The summed E-state index contributed by atoms with van der Waals surface area (Å²) < 4.78 is 9.69. The molecule has 0 radical (unpaired) electrons. The summed E-state index contributed by atoms with van der Waals surface area (Å²) in [6.07, 6.45) is 3.58. The van der Waals surface area contributed by atoms with Gasteiger partial charge < -0.3 is 9.47 Å². The predicted octanol–water partition coefficient (Wildman–Crippen LogP) is 1.49. The van der Waals surface area contributed by atoms with Gasteiger partial charge in [-0.15, -0.1) is 0 Å². The van der Waals surface area contributed by atoms with Crippen LogP contribution in [0.4, 0.5) is 0 Å². The highest BCUT2D eigenvalue weighted by Gasteiger charge is 1.99. The summed E-state index contributed by atoms with van der Waals surface area (Å²) in [4.78, 5) is 21.4. The molecule has 0 atom stereocenters. The third-order valence-electron chi connectivity index (χ3n) is 1.82. The van der Waals surface area contributed by atoms with Crippen LogP contribution in [0.15, 0.2) is 0 Å². The molecular weight excluding hydrogens is 248 g/mol. The smallest absolute Gasteiger partial charge is 0.315 e. The molecule has 0 aliphatic heterocycles. The van der Waals surface area contributed by atoms with Gasteiger partial charge in [0.25, 0.3) is 0 Å². The van der Waals surface area contributed by atoms with Crippen LogP contribution in [0, 0.1) is 0 Å². The van der Waals surface area contributed by atoms with Crippen molar-refractivity contribution in [3.05, 3.63) is 0 Å². The quantitative estimate of drug-likeness (QED) is 0.377. The summed E-state index contributed by atoms with van der Waals surface area (Å²) in [5.41, 5.74) is 0. The van der Waals surface area contributed by atoms with Crippen molar-refractivity contribution in [3.8, 4) is 0 Å². The lowest BCUT2D eigenvalue weighted by atomic mass is 10.2. The molecule has 0 aromatic carbocycles. The van der Waals surface area contributed by atoms with Gasteiger partial charge in [-0.1, -0.05) is 0 Å². The molecule has 16 heavy (non-hydrogen) atoms. The lowest BCUT2D eigenvalue weighted by Crippen LogP contribution is -2.08. The van der Waals surface area contributed by atoms with Crippen LogP contribution in [0.5, 0.6) is 0 Å². The number of esters is 2. The molecule has 0 aliphatic rings.